The predicted octanol–water partition coefficient (Wildman–Crippen LogP) is 1.06. The standard InChI is InChI=1S/C11H16N4O4S/c12-13-9-4-5-11(10(8-9)15(16)17)20(18,19)14-6-2-1-3-7-14/h4-5,8,13H,1-3,6-7,12H2. The van der Waals surface area contributed by atoms with Crippen LogP contribution in [-0.4, -0.2) is 30.7 Å². The van der Waals surface area contributed by atoms with Crippen molar-refractivity contribution in [3.05, 3.63) is 28.3 Å². The lowest BCUT2D eigenvalue weighted by Crippen LogP contribution is -2.35. The van der Waals surface area contributed by atoms with E-state index >= 15 is 0 Å². The van der Waals surface area contributed by atoms with E-state index in [1.807, 2.05) is 0 Å². The molecule has 20 heavy (non-hydrogen) atoms. The monoisotopic (exact) mass is 300 g/mol. The maximum atomic E-state index is 12.5. The van der Waals surface area contributed by atoms with Crippen LogP contribution in [0.2, 0.25) is 0 Å². The number of hydrogen-bond donors (Lipinski definition) is 2. The van der Waals surface area contributed by atoms with E-state index in [1.54, 1.807) is 0 Å². The topological polar surface area (TPSA) is 119 Å². The molecule has 0 aromatic heterocycles. The number of nitrogen functional groups attached to an aromatic ring is 1. The molecule has 110 valence electrons. The van der Waals surface area contributed by atoms with Crippen molar-refractivity contribution in [1.29, 1.82) is 0 Å². The number of nitrogens with two attached hydrogens (primary N) is 1. The summed E-state index contributed by atoms with van der Waals surface area (Å²) in [4.78, 5) is 10.1. The quantitative estimate of drug-likeness (QED) is 0.487. The Morgan fingerprint density at radius 2 is 1.90 bits per heavy atom. The molecule has 0 bridgehead atoms. The Labute approximate surface area is 116 Å². The highest BCUT2D eigenvalue weighted by molar-refractivity contribution is 7.89. The fourth-order valence-corrected chi connectivity index (χ4v) is 3.87. The first-order valence-electron chi connectivity index (χ1n) is 6.22. The number of sulfonamides is 1. The molecule has 1 aliphatic heterocycles. The first kappa shape index (κ1) is 14.7. The first-order chi connectivity index (χ1) is 9.46. The Balaban J connectivity index is 2.47. The highest BCUT2D eigenvalue weighted by Gasteiger charge is 2.32. The number of hydrazine groups is 1. The second-order valence-electron chi connectivity index (χ2n) is 4.55. The van der Waals surface area contributed by atoms with E-state index in [0.717, 1.165) is 25.3 Å². The molecule has 2 rings (SSSR count). The third-order valence-electron chi connectivity index (χ3n) is 3.26. The van der Waals surface area contributed by atoms with Gasteiger partial charge in [-0.3, -0.25) is 16.0 Å². The molecule has 0 radical (unpaired) electrons. The minimum atomic E-state index is -3.84. The number of nitrogens with one attached hydrogen (secondary N) is 1. The minimum absolute atomic E-state index is 0.286. The average molecular weight is 300 g/mol. The molecule has 1 aromatic rings. The molecule has 0 spiro atoms. The Hall–Kier alpha value is -1.71. The molecule has 0 amide bonds. The van der Waals surface area contributed by atoms with Crippen LogP contribution in [0, 0.1) is 10.1 Å². The van der Waals surface area contributed by atoms with E-state index in [2.05, 4.69) is 5.43 Å². The van der Waals surface area contributed by atoms with E-state index < -0.39 is 20.6 Å². The maximum absolute atomic E-state index is 12.5. The number of hydrogen-bond acceptors (Lipinski definition) is 6. The van der Waals surface area contributed by atoms with Crippen molar-refractivity contribution < 1.29 is 13.3 Å². The van der Waals surface area contributed by atoms with Crippen LogP contribution < -0.4 is 11.3 Å². The van der Waals surface area contributed by atoms with E-state index in [9.17, 15) is 18.5 Å². The second kappa shape index (κ2) is 5.73. The maximum Gasteiger partial charge on any atom is 0.291 e. The van der Waals surface area contributed by atoms with Crippen LogP contribution in [-0.2, 0) is 10.0 Å². The summed E-state index contributed by atoms with van der Waals surface area (Å²) in [7, 11) is -3.84. The van der Waals surface area contributed by atoms with Crippen molar-refractivity contribution in [3.63, 3.8) is 0 Å². The Kier molecular flexibility index (Phi) is 4.21. The van der Waals surface area contributed by atoms with Gasteiger partial charge in [-0.25, -0.2) is 8.42 Å². The lowest BCUT2D eigenvalue weighted by molar-refractivity contribution is -0.387. The van der Waals surface area contributed by atoms with Crippen LogP contribution in [0.25, 0.3) is 0 Å². The Bertz CT molecular complexity index is 611. The molecule has 0 aliphatic carbocycles. The summed E-state index contributed by atoms with van der Waals surface area (Å²) in [6.07, 6.45) is 2.52. The van der Waals surface area contributed by atoms with Gasteiger partial charge in [0.1, 0.15) is 0 Å². The highest BCUT2D eigenvalue weighted by Crippen LogP contribution is 2.30. The first-order valence-corrected chi connectivity index (χ1v) is 7.66. The van der Waals surface area contributed by atoms with Crippen molar-refractivity contribution >= 4 is 21.4 Å². The molecule has 0 saturated carbocycles. The molecule has 1 heterocycles. The molecule has 1 fully saturated rings. The number of piperidine rings is 1. The van der Waals surface area contributed by atoms with E-state index in [0.29, 0.717) is 13.1 Å². The van der Waals surface area contributed by atoms with Gasteiger partial charge in [-0.05, 0) is 25.0 Å². The zero-order valence-electron chi connectivity index (χ0n) is 10.8. The number of nitro groups is 1. The lowest BCUT2D eigenvalue weighted by atomic mass is 10.2. The van der Waals surface area contributed by atoms with Gasteiger partial charge >= 0.3 is 0 Å². The number of rotatable bonds is 4. The van der Waals surface area contributed by atoms with Gasteiger partial charge in [-0.1, -0.05) is 6.42 Å². The van der Waals surface area contributed by atoms with Crippen LogP contribution in [0.15, 0.2) is 23.1 Å². The SMILES string of the molecule is NNc1ccc(S(=O)(=O)N2CCCCC2)c([N+](=O)[O-])c1. The highest BCUT2D eigenvalue weighted by atomic mass is 32.2. The minimum Gasteiger partial charge on any atom is -0.324 e. The second-order valence-corrected chi connectivity index (χ2v) is 6.46. The third kappa shape index (κ3) is 2.74. The summed E-state index contributed by atoms with van der Waals surface area (Å²) < 4.78 is 26.3. The van der Waals surface area contributed by atoms with Crippen molar-refractivity contribution in [1.82, 2.24) is 4.31 Å². The van der Waals surface area contributed by atoms with Crippen LogP contribution in [0.5, 0.6) is 0 Å². The molecular formula is C11H16N4O4S. The Morgan fingerprint density at radius 3 is 2.45 bits per heavy atom. The fraction of sp³-hybridized carbons (Fsp3) is 0.455. The largest absolute Gasteiger partial charge is 0.324 e. The van der Waals surface area contributed by atoms with Crippen molar-refractivity contribution in [2.75, 3.05) is 18.5 Å². The molecule has 9 heteroatoms. The summed E-state index contributed by atoms with van der Waals surface area (Å²) in [5.41, 5.74) is 2.09. The smallest absolute Gasteiger partial charge is 0.291 e. The van der Waals surface area contributed by atoms with Crippen molar-refractivity contribution in [2.45, 2.75) is 24.2 Å². The summed E-state index contributed by atoms with van der Waals surface area (Å²) in [5, 5.41) is 11.1. The van der Waals surface area contributed by atoms with Crippen molar-refractivity contribution in [2.24, 2.45) is 5.84 Å². The van der Waals surface area contributed by atoms with Crippen LogP contribution in [0.4, 0.5) is 11.4 Å². The number of nitrogens with zero attached hydrogens (tertiary/aromatic N) is 2. The predicted molar refractivity (Wildman–Crippen MR) is 73.5 cm³/mol. The lowest BCUT2D eigenvalue weighted by Gasteiger charge is -2.25. The number of benzene rings is 1. The van der Waals surface area contributed by atoms with Crippen molar-refractivity contribution in [3.8, 4) is 0 Å². The zero-order chi connectivity index (χ0) is 14.8. The van der Waals surface area contributed by atoms with Gasteiger partial charge in [0.15, 0.2) is 4.90 Å². The van der Waals surface area contributed by atoms with E-state index in [-0.39, 0.29) is 10.6 Å². The fourth-order valence-electron chi connectivity index (χ4n) is 2.21. The summed E-state index contributed by atoms with van der Waals surface area (Å²) in [5.74, 6) is 5.19. The third-order valence-corrected chi connectivity index (χ3v) is 5.20. The van der Waals surface area contributed by atoms with E-state index in [4.69, 9.17) is 5.84 Å². The van der Waals surface area contributed by atoms with Gasteiger partial charge in [-0.2, -0.15) is 4.31 Å². The molecular weight excluding hydrogens is 284 g/mol. The van der Waals surface area contributed by atoms with Gasteiger partial charge < -0.3 is 5.43 Å². The molecule has 1 aromatic carbocycles. The molecule has 0 unspecified atom stereocenters. The summed E-state index contributed by atoms with van der Waals surface area (Å²) in [6.45, 7) is 0.798. The van der Waals surface area contributed by atoms with E-state index in [1.165, 1.54) is 16.4 Å². The van der Waals surface area contributed by atoms with Gasteiger partial charge in [0.25, 0.3) is 5.69 Å². The van der Waals surface area contributed by atoms with Gasteiger partial charge in [0.2, 0.25) is 10.0 Å². The van der Waals surface area contributed by atoms with Crippen LogP contribution in [0.3, 0.4) is 0 Å². The number of nitro benzene ring substituents is 1. The van der Waals surface area contributed by atoms with Crippen LogP contribution >= 0.6 is 0 Å². The molecule has 1 saturated heterocycles. The van der Waals surface area contributed by atoms with Gasteiger partial charge in [0, 0.05) is 19.2 Å². The molecule has 1 aliphatic rings. The van der Waals surface area contributed by atoms with Gasteiger partial charge in [0.05, 0.1) is 10.6 Å². The summed E-state index contributed by atoms with van der Waals surface area (Å²) >= 11 is 0. The number of anilines is 1. The summed E-state index contributed by atoms with van der Waals surface area (Å²) in [6, 6.07) is 3.75. The Morgan fingerprint density at radius 1 is 1.25 bits per heavy atom. The average Bonchev–Trinajstić information content (AvgIpc) is 2.47. The zero-order valence-corrected chi connectivity index (χ0v) is 11.6. The normalized spacial score (nSPS) is 16.9. The molecule has 8 nitrogen and oxygen atoms in total. The molecule has 3 N–H and O–H groups in total. The van der Waals surface area contributed by atoms with Gasteiger partial charge in [-0.15, -0.1) is 0 Å². The molecule has 0 atom stereocenters. The van der Waals surface area contributed by atoms with Crippen LogP contribution in [0.1, 0.15) is 19.3 Å².